The van der Waals surface area contributed by atoms with E-state index in [1.54, 1.807) is 6.92 Å². The summed E-state index contributed by atoms with van der Waals surface area (Å²) in [6, 6.07) is 15.3. The third kappa shape index (κ3) is 2.55. The number of carbonyl (C=O) groups is 1. The number of esters is 1. The van der Waals surface area contributed by atoms with Crippen LogP contribution in [0.3, 0.4) is 0 Å². The van der Waals surface area contributed by atoms with E-state index in [0.29, 0.717) is 17.8 Å². The van der Waals surface area contributed by atoms with Gasteiger partial charge in [0.25, 0.3) is 0 Å². The highest BCUT2D eigenvalue weighted by Crippen LogP contribution is 2.25. The summed E-state index contributed by atoms with van der Waals surface area (Å²) in [6.45, 7) is 4.06. The molecular formula is C18H16N2O2. The van der Waals surface area contributed by atoms with Gasteiger partial charge in [0.1, 0.15) is 5.69 Å². The number of ether oxygens (including phenoxy) is 1. The van der Waals surface area contributed by atoms with Crippen molar-refractivity contribution in [2.75, 3.05) is 6.61 Å². The molecule has 0 atom stereocenters. The molecule has 0 spiro atoms. The highest BCUT2D eigenvalue weighted by molar-refractivity contribution is 5.97. The van der Waals surface area contributed by atoms with Crippen LogP contribution in [-0.4, -0.2) is 22.5 Å². The van der Waals surface area contributed by atoms with Crippen molar-refractivity contribution in [2.24, 2.45) is 0 Å². The van der Waals surface area contributed by atoms with E-state index < -0.39 is 5.97 Å². The first-order valence-electron chi connectivity index (χ1n) is 7.20. The van der Waals surface area contributed by atoms with Crippen LogP contribution in [0.2, 0.25) is 0 Å². The lowest BCUT2D eigenvalue weighted by Crippen LogP contribution is -2.11. The van der Waals surface area contributed by atoms with Crippen molar-refractivity contribution in [1.29, 1.82) is 0 Å². The summed E-state index contributed by atoms with van der Waals surface area (Å²) in [5.74, 6) is -0.447. The summed E-state index contributed by atoms with van der Waals surface area (Å²) in [5.41, 5.74) is 4.19. The number of aryl methyl sites for hydroxylation is 1. The predicted octanol–water partition coefficient (Wildman–Crippen LogP) is 3.78. The van der Waals surface area contributed by atoms with Gasteiger partial charge in [-0.05, 0) is 25.5 Å². The van der Waals surface area contributed by atoms with Gasteiger partial charge in [0.2, 0.25) is 0 Å². The lowest BCUT2D eigenvalue weighted by Gasteiger charge is -2.10. The fourth-order valence-electron chi connectivity index (χ4n) is 2.36. The van der Waals surface area contributed by atoms with Gasteiger partial charge in [-0.2, -0.15) is 0 Å². The van der Waals surface area contributed by atoms with E-state index in [2.05, 4.69) is 9.97 Å². The molecule has 0 unspecified atom stereocenters. The molecule has 0 aliphatic rings. The Kier molecular flexibility index (Phi) is 3.83. The second-order valence-electron chi connectivity index (χ2n) is 4.95. The SMILES string of the molecule is CCOC(=O)c1nc2cccc(C)c2nc1-c1ccccc1. The van der Waals surface area contributed by atoms with Crippen molar-refractivity contribution in [1.82, 2.24) is 9.97 Å². The Hall–Kier alpha value is -2.75. The maximum atomic E-state index is 12.2. The van der Waals surface area contributed by atoms with Crippen LogP contribution in [0, 0.1) is 6.92 Å². The zero-order valence-corrected chi connectivity index (χ0v) is 12.5. The van der Waals surface area contributed by atoms with Crippen molar-refractivity contribution in [2.45, 2.75) is 13.8 Å². The van der Waals surface area contributed by atoms with Crippen LogP contribution in [-0.2, 0) is 4.74 Å². The fraction of sp³-hybridized carbons (Fsp3) is 0.167. The zero-order valence-electron chi connectivity index (χ0n) is 12.5. The van der Waals surface area contributed by atoms with E-state index in [1.165, 1.54) is 0 Å². The van der Waals surface area contributed by atoms with E-state index in [1.807, 2.05) is 55.5 Å². The standard InChI is InChI=1S/C18H16N2O2/c1-3-22-18(21)17-16(13-9-5-4-6-10-13)20-15-12(2)8-7-11-14(15)19-17/h4-11H,3H2,1-2H3. The third-order valence-electron chi connectivity index (χ3n) is 3.41. The molecule has 0 bridgehead atoms. The topological polar surface area (TPSA) is 52.1 Å². The maximum Gasteiger partial charge on any atom is 0.359 e. The van der Waals surface area contributed by atoms with E-state index in [4.69, 9.17) is 4.74 Å². The monoisotopic (exact) mass is 292 g/mol. The first kappa shape index (κ1) is 14.2. The maximum absolute atomic E-state index is 12.2. The van der Waals surface area contributed by atoms with E-state index in [9.17, 15) is 4.79 Å². The second-order valence-corrected chi connectivity index (χ2v) is 4.95. The number of para-hydroxylation sites is 1. The minimum atomic E-state index is -0.447. The summed E-state index contributed by atoms with van der Waals surface area (Å²) in [7, 11) is 0. The van der Waals surface area contributed by atoms with Crippen molar-refractivity contribution in [3.8, 4) is 11.3 Å². The average Bonchev–Trinajstić information content (AvgIpc) is 2.55. The molecule has 3 aromatic rings. The number of carbonyl (C=O) groups excluding carboxylic acids is 1. The minimum absolute atomic E-state index is 0.256. The smallest absolute Gasteiger partial charge is 0.359 e. The largest absolute Gasteiger partial charge is 0.461 e. The Morgan fingerprint density at radius 2 is 1.82 bits per heavy atom. The van der Waals surface area contributed by atoms with Crippen LogP contribution in [0.25, 0.3) is 22.3 Å². The fourth-order valence-corrected chi connectivity index (χ4v) is 2.36. The molecular weight excluding hydrogens is 276 g/mol. The van der Waals surface area contributed by atoms with Crippen molar-refractivity contribution in [3.63, 3.8) is 0 Å². The van der Waals surface area contributed by atoms with E-state index >= 15 is 0 Å². The molecule has 1 heterocycles. The molecule has 4 heteroatoms. The second kappa shape index (κ2) is 5.93. The molecule has 3 rings (SSSR count). The van der Waals surface area contributed by atoms with Crippen molar-refractivity contribution >= 4 is 17.0 Å². The quantitative estimate of drug-likeness (QED) is 0.689. The highest BCUT2D eigenvalue weighted by Gasteiger charge is 2.19. The van der Waals surface area contributed by atoms with Crippen molar-refractivity contribution in [3.05, 3.63) is 59.8 Å². The summed E-state index contributed by atoms with van der Waals surface area (Å²) in [4.78, 5) is 21.4. The number of benzene rings is 2. The molecule has 0 N–H and O–H groups in total. The Morgan fingerprint density at radius 3 is 2.55 bits per heavy atom. The summed E-state index contributed by atoms with van der Waals surface area (Å²) in [6.07, 6.45) is 0. The molecule has 0 fully saturated rings. The lowest BCUT2D eigenvalue weighted by atomic mass is 10.1. The molecule has 0 aliphatic heterocycles. The number of aromatic nitrogens is 2. The van der Waals surface area contributed by atoms with Crippen LogP contribution in [0.4, 0.5) is 0 Å². The molecule has 0 amide bonds. The van der Waals surface area contributed by atoms with Gasteiger partial charge in [-0.25, -0.2) is 14.8 Å². The normalized spacial score (nSPS) is 10.6. The van der Waals surface area contributed by atoms with Crippen LogP contribution >= 0.6 is 0 Å². The predicted molar refractivity (Wildman–Crippen MR) is 85.7 cm³/mol. The van der Waals surface area contributed by atoms with Gasteiger partial charge < -0.3 is 4.74 Å². The van der Waals surface area contributed by atoms with E-state index in [-0.39, 0.29) is 5.69 Å². The number of hydrogen-bond acceptors (Lipinski definition) is 4. The Bertz CT molecular complexity index is 829. The number of rotatable bonds is 3. The van der Waals surface area contributed by atoms with Crippen LogP contribution in [0.15, 0.2) is 48.5 Å². The molecule has 0 radical (unpaired) electrons. The lowest BCUT2D eigenvalue weighted by molar-refractivity contribution is 0.0520. The summed E-state index contributed by atoms with van der Waals surface area (Å²) < 4.78 is 5.13. The van der Waals surface area contributed by atoms with Crippen molar-refractivity contribution < 1.29 is 9.53 Å². The molecule has 0 aliphatic carbocycles. The first-order valence-corrected chi connectivity index (χ1v) is 7.20. The molecule has 2 aromatic carbocycles. The van der Waals surface area contributed by atoms with Gasteiger partial charge in [0.15, 0.2) is 5.69 Å². The number of fused-ring (bicyclic) bond motifs is 1. The number of nitrogens with zero attached hydrogens (tertiary/aromatic N) is 2. The summed E-state index contributed by atoms with van der Waals surface area (Å²) in [5, 5.41) is 0. The molecule has 22 heavy (non-hydrogen) atoms. The molecule has 0 saturated heterocycles. The molecule has 1 aromatic heterocycles. The average molecular weight is 292 g/mol. The Balaban J connectivity index is 2.29. The van der Waals surface area contributed by atoms with E-state index in [0.717, 1.165) is 16.6 Å². The highest BCUT2D eigenvalue weighted by atomic mass is 16.5. The molecule has 0 saturated carbocycles. The van der Waals surface area contributed by atoms with Crippen LogP contribution in [0.5, 0.6) is 0 Å². The van der Waals surface area contributed by atoms with Gasteiger partial charge >= 0.3 is 5.97 Å². The van der Waals surface area contributed by atoms with Gasteiger partial charge in [0, 0.05) is 5.56 Å². The minimum Gasteiger partial charge on any atom is -0.461 e. The van der Waals surface area contributed by atoms with Crippen LogP contribution in [0.1, 0.15) is 23.0 Å². The Labute approximate surface area is 128 Å². The molecule has 110 valence electrons. The third-order valence-corrected chi connectivity index (χ3v) is 3.41. The molecule has 4 nitrogen and oxygen atoms in total. The summed E-state index contributed by atoms with van der Waals surface area (Å²) >= 11 is 0. The van der Waals surface area contributed by atoms with Gasteiger partial charge in [0.05, 0.1) is 17.6 Å². The zero-order chi connectivity index (χ0) is 15.5. The van der Waals surface area contributed by atoms with Gasteiger partial charge in [-0.1, -0.05) is 42.5 Å². The van der Waals surface area contributed by atoms with Gasteiger partial charge in [-0.3, -0.25) is 0 Å². The van der Waals surface area contributed by atoms with Gasteiger partial charge in [-0.15, -0.1) is 0 Å². The van der Waals surface area contributed by atoms with Crippen LogP contribution < -0.4 is 0 Å². The number of hydrogen-bond donors (Lipinski definition) is 0. The first-order chi connectivity index (χ1) is 10.7. The Morgan fingerprint density at radius 1 is 1.05 bits per heavy atom.